The minimum Gasteiger partial charge on any atom is -0.467 e. The molecule has 18 heavy (non-hydrogen) atoms. The lowest BCUT2D eigenvalue weighted by Crippen LogP contribution is -2.29. The van der Waals surface area contributed by atoms with Gasteiger partial charge in [0.2, 0.25) is 5.91 Å². The molecule has 1 amide bonds. The quantitative estimate of drug-likeness (QED) is 0.796. The fraction of sp³-hybridized carbons (Fsp3) is 0.357. The SMILES string of the molecule is CCCC(=O)N(Cc1ccco1)Cc1cccs1. The predicted octanol–water partition coefficient (Wildman–Crippen LogP) is 3.67. The molecule has 0 aliphatic heterocycles. The van der Waals surface area contributed by atoms with Gasteiger partial charge in [-0.05, 0) is 30.0 Å². The largest absolute Gasteiger partial charge is 0.467 e. The second-order valence-corrected chi connectivity index (χ2v) is 5.19. The minimum absolute atomic E-state index is 0.183. The molecule has 0 unspecified atom stereocenters. The van der Waals surface area contributed by atoms with Crippen LogP contribution in [0.2, 0.25) is 0 Å². The van der Waals surface area contributed by atoms with Crippen molar-refractivity contribution in [1.82, 2.24) is 4.90 Å². The zero-order valence-electron chi connectivity index (χ0n) is 10.5. The number of carbonyl (C=O) groups excluding carboxylic acids is 1. The Morgan fingerprint density at radius 2 is 2.22 bits per heavy atom. The van der Waals surface area contributed by atoms with E-state index >= 15 is 0 Å². The molecule has 0 aliphatic carbocycles. The molecule has 2 aromatic heterocycles. The van der Waals surface area contributed by atoms with Crippen molar-refractivity contribution in [3.63, 3.8) is 0 Å². The van der Waals surface area contributed by atoms with Gasteiger partial charge in [0.25, 0.3) is 0 Å². The molecule has 2 aromatic rings. The molecule has 0 aromatic carbocycles. The van der Waals surface area contributed by atoms with Crippen molar-refractivity contribution in [1.29, 1.82) is 0 Å². The topological polar surface area (TPSA) is 33.5 Å². The van der Waals surface area contributed by atoms with Crippen molar-refractivity contribution in [3.05, 3.63) is 46.5 Å². The first-order chi connectivity index (χ1) is 8.79. The van der Waals surface area contributed by atoms with Gasteiger partial charge < -0.3 is 9.32 Å². The van der Waals surface area contributed by atoms with Crippen LogP contribution in [0.4, 0.5) is 0 Å². The van der Waals surface area contributed by atoms with Gasteiger partial charge in [0, 0.05) is 11.3 Å². The number of hydrogen-bond donors (Lipinski definition) is 0. The summed E-state index contributed by atoms with van der Waals surface area (Å²) in [4.78, 5) is 15.1. The Hall–Kier alpha value is -1.55. The molecule has 0 N–H and O–H groups in total. The van der Waals surface area contributed by atoms with Crippen LogP contribution in [-0.2, 0) is 17.9 Å². The van der Waals surface area contributed by atoms with Crippen LogP contribution >= 0.6 is 11.3 Å². The fourth-order valence-corrected chi connectivity index (χ4v) is 2.50. The highest BCUT2D eigenvalue weighted by molar-refractivity contribution is 7.09. The smallest absolute Gasteiger partial charge is 0.223 e. The number of nitrogens with zero attached hydrogens (tertiary/aromatic N) is 1. The van der Waals surface area contributed by atoms with Gasteiger partial charge in [-0.25, -0.2) is 0 Å². The van der Waals surface area contributed by atoms with Crippen LogP contribution in [0.25, 0.3) is 0 Å². The van der Waals surface area contributed by atoms with Crippen LogP contribution in [0.5, 0.6) is 0 Å². The Labute approximate surface area is 111 Å². The molecule has 0 atom stereocenters. The van der Waals surface area contributed by atoms with Crippen molar-refractivity contribution in [2.75, 3.05) is 0 Å². The van der Waals surface area contributed by atoms with E-state index in [2.05, 4.69) is 6.07 Å². The van der Waals surface area contributed by atoms with E-state index in [-0.39, 0.29) is 5.91 Å². The lowest BCUT2D eigenvalue weighted by Gasteiger charge is -2.20. The molecule has 0 spiro atoms. The molecule has 0 saturated heterocycles. The van der Waals surface area contributed by atoms with Gasteiger partial charge in [-0.2, -0.15) is 0 Å². The highest BCUT2D eigenvalue weighted by Gasteiger charge is 2.15. The fourth-order valence-electron chi connectivity index (χ4n) is 1.79. The second kappa shape index (κ2) is 6.40. The number of rotatable bonds is 6. The lowest BCUT2D eigenvalue weighted by atomic mass is 10.2. The number of amides is 1. The molecule has 2 heterocycles. The average Bonchev–Trinajstić information content (AvgIpc) is 3.01. The van der Waals surface area contributed by atoms with Crippen molar-refractivity contribution in [2.45, 2.75) is 32.9 Å². The monoisotopic (exact) mass is 263 g/mol. The van der Waals surface area contributed by atoms with Crippen LogP contribution in [0.3, 0.4) is 0 Å². The highest BCUT2D eigenvalue weighted by Crippen LogP contribution is 2.16. The summed E-state index contributed by atoms with van der Waals surface area (Å²) >= 11 is 1.67. The van der Waals surface area contributed by atoms with Crippen LogP contribution in [-0.4, -0.2) is 10.8 Å². The number of carbonyl (C=O) groups is 1. The summed E-state index contributed by atoms with van der Waals surface area (Å²) in [5.41, 5.74) is 0. The molecule has 0 radical (unpaired) electrons. The molecule has 4 heteroatoms. The van der Waals surface area contributed by atoms with E-state index in [4.69, 9.17) is 4.42 Å². The standard InChI is InChI=1S/C14H17NO2S/c1-2-5-14(16)15(10-12-6-3-8-17-12)11-13-7-4-9-18-13/h3-4,6-9H,2,5,10-11H2,1H3. The van der Waals surface area contributed by atoms with E-state index in [0.29, 0.717) is 19.5 Å². The number of hydrogen-bond acceptors (Lipinski definition) is 3. The third-order valence-electron chi connectivity index (χ3n) is 2.67. The lowest BCUT2D eigenvalue weighted by molar-refractivity contribution is -0.132. The van der Waals surface area contributed by atoms with E-state index in [0.717, 1.165) is 12.2 Å². The van der Waals surface area contributed by atoms with Gasteiger partial charge in [0.1, 0.15) is 5.76 Å². The third kappa shape index (κ3) is 3.47. The highest BCUT2D eigenvalue weighted by atomic mass is 32.1. The summed E-state index contributed by atoms with van der Waals surface area (Å²) in [5.74, 6) is 1.01. The summed E-state index contributed by atoms with van der Waals surface area (Å²) in [5, 5.41) is 2.03. The predicted molar refractivity (Wildman–Crippen MR) is 72.2 cm³/mol. The van der Waals surface area contributed by atoms with E-state index in [1.54, 1.807) is 17.6 Å². The van der Waals surface area contributed by atoms with E-state index < -0.39 is 0 Å². The van der Waals surface area contributed by atoms with Gasteiger partial charge in [0.15, 0.2) is 0 Å². The first kappa shape index (κ1) is 12.9. The molecule has 0 fully saturated rings. The van der Waals surface area contributed by atoms with Gasteiger partial charge in [0.05, 0.1) is 19.4 Å². The third-order valence-corrected chi connectivity index (χ3v) is 3.53. The van der Waals surface area contributed by atoms with Gasteiger partial charge in [-0.1, -0.05) is 13.0 Å². The molecule has 0 saturated carbocycles. The first-order valence-electron chi connectivity index (χ1n) is 6.12. The number of furan rings is 1. The van der Waals surface area contributed by atoms with E-state index in [1.807, 2.05) is 35.4 Å². The first-order valence-corrected chi connectivity index (χ1v) is 7.00. The summed E-state index contributed by atoms with van der Waals surface area (Å²) < 4.78 is 5.32. The van der Waals surface area contributed by atoms with E-state index in [1.165, 1.54) is 4.88 Å². The van der Waals surface area contributed by atoms with Crippen molar-refractivity contribution >= 4 is 17.2 Å². The second-order valence-electron chi connectivity index (χ2n) is 4.16. The number of thiophene rings is 1. The Bertz CT molecular complexity index is 426. The summed E-state index contributed by atoms with van der Waals surface area (Å²) in [7, 11) is 0. The zero-order chi connectivity index (χ0) is 12.8. The Balaban J connectivity index is 2.04. The molecular formula is C14H17NO2S. The molecule has 0 aliphatic rings. The molecular weight excluding hydrogens is 246 g/mol. The van der Waals surface area contributed by atoms with Gasteiger partial charge in [-0.15, -0.1) is 11.3 Å². The van der Waals surface area contributed by atoms with Crippen molar-refractivity contribution < 1.29 is 9.21 Å². The molecule has 2 rings (SSSR count). The Morgan fingerprint density at radius 1 is 1.33 bits per heavy atom. The molecule has 96 valence electrons. The molecule has 3 nitrogen and oxygen atoms in total. The maximum atomic E-state index is 12.1. The van der Waals surface area contributed by atoms with Gasteiger partial charge >= 0.3 is 0 Å². The van der Waals surface area contributed by atoms with E-state index in [9.17, 15) is 4.79 Å². The van der Waals surface area contributed by atoms with Crippen LogP contribution in [0.15, 0.2) is 40.3 Å². The van der Waals surface area contributed by atoms with Crippen LogP contribution in [0.1, 0.15) is 30.4 Å². The Kier molecular flexibility index (Phi) is 4.59. The zero-order valence-corrected chi connectivity index (χ0v) is 11.3. The van der Waals surface area contributed by atoms with Crippen LogP contribution < -0.4 is 0 Å². The summed E-state index contributed by atoms with van der Waals surface area (Å²) in [6.45, 7) is 3.23. The minimum atomic E-state index is 0.183. The summed E-state index contributed by atoms with van der Waals surface area (Å²) in [6.07, 6.45) is 3.10. The van der Waals surface area contributed by atoms with Crippen molar-refractivity contribution in [2.24, 2.45) is 0 Å². The maximum absolute atomic E-state index is 12.1. The van der Waals surface area contributed by atoms with Crippen LogP contribution in [0, 0.1) is 0 Å². The van der Waals surface area contributed by atoms with Crippen molar-refractivity contribution in [3.8, 4) is 0 Å². The normalized spacial score (nSPS) is 10.5. The average molecular weight is 263 g/mol. The molecule has 0 bridgehead atoms. The summed E-state index contributed by atoms with van der Waals surface area (Å²) in [6, 6.07) is 7.82. The Morgan fingerprint density at radius 3 is 2.83 bits per heavy atom. The van der Waals surface area contributed by atoms with Gasteiger partial charge in [-0.3, -0.25) is 4.79 Å². The maximum Gasteiger partial charge on any atom is 0.223 e.